The van der Waals surface area contributed by atoms with Crippen molar-refractivity contribution in [2.75, 3.05) is 13.2 Å². The first-order valence-electron chi connectivity index (χ1n) is 11.8. The van der Waals surface area contributed by atoms with E-state index in [1.54, 1.807) is 0 Å². The molecule has 6 heteroatoms. The fraction of sp³-hybridized carbons (Fsp3) is 0.423. The maximum Gasteiger partial charge on any atom is 0.318 e. The van der Waals surface area contributed by atoms with E-state index in [0.29, 0.717) is 19.7 Å². The van der Waals surface area contributed by atoms with E-state index >= 15 is 0 Å². The van der Waals surface area contributed by atoms with E-state index in [1.165, 1.54) is 33.8 Å². The summed E-state index contributed by atoms with van der Waals surface area (Å²) in [5.74, 6) is 0.857. The van der Waals surface area contributed by atoms with E-state index in [2.05, 4.69) is 47.3 Å². The lowest BCUT2D eigenvalue weighted by Gasteiger charge is -2.31. The summed E-state index contributed by atoms with van der Waals surface area (Å²) in [5.41, 5.74) is 5.06. The molecule has 2 aliphatic rings. The highest BCUT2D eigenvalue weighted by molar-refractivity contribution is 7.15. The average Bonchev–Trinajstić information content (AvgIpc) is 3.40. The third-order valence-corrected chi connectivity index (χ3v) is 7.81. The molecule has 1 aromatic carbocycles. The largest absolute Gasteiger partial charge is 0.494 e. The lowest BCUT2D eigenvalue weighted by molar-refractivity contribution is 0.180. The number of amides is 2. The summed E-state index contributed by atoms with van der Waals surface area (Å²) in [6.45, 7) is 6.04. The van der Waals surface area contributed by atoms with Crippen LogP contribution in [0.15, 0.2) is 42.6 Å². The number of fused-ring (bicyclic) bond motifs is 5. The van der Waals surface area contributed by atoms with E-state index in [4.69, 9.17) is 4.74 Å². The van der Waals surface area contributed by atoms with Gasteiger partial charge in [0.1, 0.15) is 10.8 Å². The van der Waals surface area contributed by atoms with Gasteiger partial charge in [0, 0.05) is 23.2 Å². The SMILES string of the molecule is CCCNC(=O)N1Cc2c(sc3c2CCCC3)-n2cccc2[C@@H]1c1ccc(OCC)cc1. The summed E-state index contributed by atoms with van der Waals surface area (Å²) < 4.78 is 7.98. The van der Waals surface area contributed by atoms with Gasteiger partial charge in [0.15, 0.2) is 0 Å². The van der Waals surface area contributed by atoms with Crippen LogP contribution in [0.4, 0.5) is 4.79 Å². The first kappa shape index (κ1) is 21.1. The van der Waals surface area contributed by atoms with Crippen molar-refractivity contribution in [2.24, 2.45) is 0 Å². The number of hydrogen-bond donors (Lipinski definition) is 1. The molecule has 0 radical (unpaired) electrons. The summed E-state index contributed by atoms with van der Waals surface area (Å²) in [6.07, 6.45) is 7.86. The zero-order valence-electron chi connectivity index (χ0n) is 18.9. The highest BCUT2D eigenvalue weighted by Crippen LogP contribution is 2.44. The highest BCUT2D eigenvalue weighted by atomic mass is 32.1. The molecule has 0 fully saturated rings. The lowest BCUT2D eigenvalue weighted by Crippen LogP contribution is -2.42. The maximum absolute atomic E-state index is 13.5. The minimum Gasteiger partial charge on any atom is -0.494 e. The van der Waals surface area contributed by atoms with Crippen molar-refractivity contribution >= 4 is 17.4 Å². The van der Waals surface area contributed by atoms with Crippen LogP contribution in [-0.2, 0) is 19.4 Å². The van der Waals surface area contributed by atoms with Gasteiger partial charge in [0.05, 0.1) is 24.9 Å². The van der Waals surface area contributed by atoms with Gasteiger partial charge in [0.25, 0.3) is 0 Å². The van der Waals surface area contributed by atoms with Crippen molar-refractivity contribution < 1.29 is 9.53 Å². The number of ether oxygens (including phenoxy) is 1. The Hall–Kier alpha value is -2.73. The second kappa shape index (κ2) is 9.02. The molecule has 0 bridgehead atoms. The number of urea groups is 1. The van der Waals surface area contributed by atoms with Gasteiger partial charge in [-0.3, -0.25) is 0 Å². The predicted molar refractivity (Wildman–Crippen MR) is 129 cm³/mol. The Morgan fingerprint density at radius 2 is 1.94 bits per heavy atom. The van der Waals surface area contributed by atoms with Crippen LogP contribution in [0.25, 0.3) is 5.00 Å². The monoisotopic (exact) mass is 449 g/mol. The molecule has 5 rings (SSSR count). The van der Waals surface area contributed by atoms with Gasteiger partial charge in [-0.25, -0.2) is 4.79 Å². The minimum atomic E-state index is -0.156. The summed E-state index contributed by atoms with van der Waals surface area (Å²) >= 11 is 1.92. The number of benzene rings is 1. The number of nitrogens with zero attached hydrogens (tertiary/aromatic N) is 2. The first-order valence-corrected chi connectivity index (χ1v) is 12.6. The third-order valence-electron chi connectivity index (χ3n) is 6.47. The van der Waals surface area contributed by atoms with Crippen LogP contribution in [-0.4, -0.2) is 28.6 Å². The van der Waals surface area contributed by atoms with E-state index < -0.39 is 0 Å². The van der Waals surface area contributed by atoms with Gasteiger partial charge < -0.3 is 19.5 Å². The molecule has 1 aliphatic carbocycles. The van der Waals surface area contributed by atoms with Gasteiger partial charge in [-0.05, 0) is 74.4 Å². The predicted octanol–water partition coefficient (Wildman–Crippen LogP) is 5.84. The smallest absolute Gasteiger partial charge is 0.318 e. The average molecular weight is 450 g/mol. The molecule has 5 nitrogen and oxygen atoms in total. The normalized spacial score (nSPS) is 17.2. The molecule has 168 valence electrons. The van der Waals surface area contributed by atoms with Gasteiger partial charge in [-0.15, -0.1) is 11.3 Å². The van der Waals surface area contributed by atoms with E-state index in [0.717, 1.165) is 36.3 Å². The van der Waals surface area contributed by atoms with E-state index in [1.807, 2.05) is 35.3 Å². The van der Waals surface area contributed by atoms with Crippen LogP contribution in [0.1, 0.15) is 66.4 Å². The van der Waals surface area contributed by atoms with E-state index in [9.17, 15) is 4.79 Å². The van der Waals surface area contributed by atoms with Crippen LogP contribution in [0.2, 0.25) is 0 Å². The van der Waals surface area contributed by atoms with Gasteiger partial charge >= 0.3 is 6.03 Å². The van der Waals surface area contributed by atoms with Crippen LogP contribution < -0.4 is 10.1 Å². The second-order valence-corrected chi connectivity index (χ2v) is 9.65. The fourth-order valence-corrected chi connectivity index (χ4v) is 6.39. The van der Waals surface area contributed by atoms with Gasteiger partial charge in [-0.1, -0.05) is 19.1 Å². The molecular weight excluding hydrogens is 418 g/mol. The molecule has 3 heterocycles. The van der Waals surface area contributed by atoms with Gasteiger partial charge in [-0.2, -0.15) is 0 Å². The number of aryl methyl sites for hydroxylation is 1. The molecule has 2 aromatic heterocycles. The summed E-state index contributed by atoms with van der Waals surface area (Å²) in [5, 5.41) is 4.43. The number of aromatic nitrogens is 1. The zero-order chi connectivity index (χ0) is 22.1. The number of carbonyl (C=O) groups excluding carboxylic acids is 1. The fourth-order valence-electron chi connectivity index (χ4n) is 4.98. The number of thiophene rings is 1. The summed E-state index contributed by atoms with van der Waals surface area (Å²) in [7, 11) is 0. The van der Waals surface area contributed by atoms with E-state index in [-0.39, 0.29) is 12.1 Å². The number of carbonyl (C=O) groups is 1. The van der Waals surface area contributed by atoms with Crippen LogP contribution >= 0.6 is 11.3 Å². The quantitative estimate of drug-likeness (QED) is 0.532. The molecule has 1 aliphatic heterocycles. The summed E-state index contributed by atoms with van der Waals surface area (Å²) in [6, 6.07) is 12.3. The molecule has 0 unspecified atom stereocenters. The molecule has 0 saturated heterocycles. The lowest BCUT2D eigenvalue weighted by atomic mass is 9.95. The molecule has 3 aromatic rings. The maximum atomic E-state index is 13.5. The van der Waals surface area contributed by atoms with Crippen LogP contribution in [0.3, 0.4) is 0 Å². The van der Waals surface area contributed by atoms with Crippen molar-refractivity contribution in [1.29, 1.82) is 0 Å². The number of hydrogen-bond acceptors (Lipinski definition) is 3. The number of nitrogens with one attached hydrogen (secondary N) is 1. The Morgan fingerprint density at radius 3 is 2.72 bits per heavy atom. The standard InChI is InChI=1S/C26H31N3O2S/c1-3-15-27-26(30)29-17-21-20-8-5-6-10-23(20)32-25(21)28-16-7-9-22(28)24(29)18-11-13-19(14-12-18)31-4-2/h7,9,11-14,16,24H,3-6,8,10,15,17H2,1-2H3,(H,27,30)/t24-/m0/s1. The molecule has 32 heavy (non-hydrogen) atoms. The topological polar surface area (TPSA) is 46.5 Å². The van der Waals surface area contributed by atoms with Crippen molar-refractivity contribution in [2.45, 2.75) is 58.5 Å². The highest BCUT2D eigenvalue weighted by Gasteiger charge is 2.35. The number of rotatable bonds is 5. The second-order valence-electron chi connectivity index (χ2n) is 8.56. The molecule has 1 N–H and O–H groups in total. The zero-order valence-corrected chi connectivity index (χ0v) is 19.7. The Bertz CT molecular complexity index is 1100. The minimum absolute atomic E-state index is 0.00194. The molecule has 0 saturated carbocycles. The summed E-state index contributed by atoms with van der Waals surface area (Å²) in [4.78, 5) is 17.0. The Kier molecular flexibility index (Phi) is 5.96. The third kappa shape index (κ3) is 3.71. The Labute approximate surface area is 194 Å². The van der Waals surface area contributed by atoms with Crippen molar-refractivity contribution in [3.63, 3.8) is 0 Å². The molecule has 0 spiro atoms. The van der Waals surface area contributed by atoms with Crippen LogP contribution in [0.5, 0.6) is 5.75 Å². The first-order chi connectivity index (χ1) is 15.7. The van der Waals surface area contributed by atoms with Crippen LogP contribution in [0, 0.1) is 0 Å². The van der Waals surface area contributed by atoms with Gasteiger partial charge in [0.2, 0.25) is 0 Å². The van der Waals surface area contributed by atoms with Crippen molar-refractivity contribution in [3.05, 3.63) is 69.9 Å². The Balaban J connectivity index is 1.63. The Morgan fingerprint density at radius 1 is 1.12 bits per heavy atom. The molecule has 1 atom stereocenters. The van der Waals surface area contributed by atoms with Crippen molar-refractivity contribution in [1.82, 2.24) is 14.8 Å². The molecular formula is C26H31N3O2S. The molecule has 2 amide bonds. The van der Waals surface area contributed by atoms with Crippen molar-refractivity contribution in [3.8, 4) is 10.8 Å².